The van der Waals surface area contributed by atoms with E-state index in [1.165, 1.54) is 11.2 Å². The Kier molecular flexibility index (Phi) is 7.01. The Labute approximate surface area is 198 Å². The van der Waals surface area contributed by atoms with Gasteiger partial charge in [0.05, 0.1) is 25.6 Å². The lowest BCUT2D eigenvalue weighted by atomic mass is 9.99. The van der Waals surface area contributed by atoms with Gasteiger partial charge < -0.3 is 23.9 Å². The Hall–Kier alpha value is -4.00. The number of ether oxygens (including phenoxy) is 2. The number of hydrogen-bond acceptors (Lipinski definition) is 6. The number of aliphatic hydroxyl groups excluding tert-OH is 1. The molecule has 2 aromatic carbocycles. The van der Waals surface area contributed by atoms with Gasteiger partial charge in [0.25, 0.3) is 11.7 Å². The van der Waals surface area contributed by atoms with Crippen LogP contribution in [0, 0.1) is 0 Å². The maximum absolute atomic E-state index is 13.1. The number of hydrogen-bond donors (Lipinski definition) is 1. The zero-order valence-electron chi connectivity index (χ0n) is 19.2. The van der Waals surface area contributed by atoms with Crippen LogP contribution in [-0.2, 0) is 16.0 Å². The monoisotopic (exact) mass is 461 g/mol. The Morgan fingerprint density at radius 3 is 2.53 bits per heavy atom. The molecule has 176 valence electrons. The van der Waals surface area contributed by atoms with Crippen LogP contribution in [0.2, 0.25) is 0 Å². The van der Waals surface area contributed by atoms with E-state index in [4.69, 9.17) is 13.9 Å². The highest BCUT2D eigenvalue weighted by molar-refractivity contribution is 6.46. The van der Waals surface area contributed by atoms with Crippen molar-refractivity contribution in [1.82, 2.24) is 4.90 Å². The topological polar surface area (TPSA) is 89.2 Å². The molecule has 0 spiro atoms. The van der Waals surface area contributed by atoms with Crippen LogP contribution in [0.25, 0.3) is 5.76 Å². The number of benzene rings is 2. The Morgan fingerprint density at radius 1 is 1.06 bits per heavy atom. The zero-order chi connectivity index (χ0) is 24.1. The molecule has 1 N–H and O–H groups in total. The maximum Gasteiger partial charge on any atom is 0.295 e. The fourth-order valence-corrected chi connectivity index (χ4v) is 4.00. The molecule has 0 bridgehead atoms. The van der Waals surface area contributed by atoms with Gasteiger partial charge in [-0.3, -0.25) is 9.59 Å². The third-order valence-electron chi connectivity index (χ3n) is 5.73. The van der Waals surface area contributed by atoms with Crippen LogP contribution in [-0.4, -0.2) is 42.0 Å². The van der Waals surface area contributed by atoms with Crippen molar-refractivity contribution in [1.29, 1.82) is 0 Å². The predicted molar refractivity (Wildman–Crippen MR) is 127 cm³/mol. The molecule has 1 unspecified atom stereocenters. The van der Waals surface area contributed by atoms with Gasteiger partial charge in [0.2, 0.25) is 0 Å². The van der Waals surface area contributed by atoms with E-state index >= 15 is 0 Å². The molecule has 2 heterocycles. The van der Waals surface area contributed by atoms with Crippen molar-refractivity contribution < 1.29 is 28.6 Å². The summed E-state index contributed by atoms with van der Waals surface area (Å²) in [4.78, 5) is 27.6. The molecule has 7 nitrogen and oxygen atoms in total. The van der Waals surface area contributed by atoms with Crippen LogP contribution in [0.3, 0.4) is 0 Å². The Bertz CT molecular complexity index is 1180. The van der Waals surface area contributed by atoms with E-state index < -0.39 is 17.7 Å². The van der Waals surface area contributed by atoms with Crippen LogP contribution in [0.1, 0.15) is 36.3 Å². The van der Waals surface area contributed by atoms with Crippen molar-refractivity contribution in [2.75, 3.05) is 20.3 Å². The van der Waals surface area contributed by atoms with E-state index in [0.717, 1.165) is 17.7 Å². The number of nitrogens with zero attached hydrogens (tertiary/aromatic N) is 1. The van der Waals surface area contributed by atoms with Crippen molar-refractivity contribution in [2.24, 2.45) is 0 Å². The molecule has 1 amide bonds. The number of furan rings is 1. The number of aliphatic hydroxyl groups is 1. The number of likely N-dealkylation sites (tertiary alicyclic amines) is 1. The van der Waals surface area contributed by atoms with E-state index in [2.05, 4.69) is 0 Å². The molecule has 1 atom stereocenters. The molecular weight excluding hydrogens is 434 g/mol. The smallest absolute Gasteiger partial charge is 0.295 e. The highest BCUT2D eigenvalue weighted by Crippen LogP contribution is 2.40. The summed E-state index contributed by atoms with van der Waals surface area (Å²) in [5.74, 6) is 0.0602. The van der Waals surface area contributed by atoms with E-state index in [0.29, 0.717) is 30.1 Å². The fourth-order valence-electron chi connectivity index (χ4n) is 4.00. The van der Waals surface area contributed by atoms with Gasteiger partial charge in [-0.05, 0) is 54.8 Å². The first kappa shape index (κ1) is 23.2. The number of Topliss-reactive ketones (excluding diaryl/α,β-unsaturated/α-hetero) is 1. The minimum absolute atomic E-state index is 0.00215. The maximum atomic E-state index is 13.1. The molecular formula is C27H27NO6. The lowest BCUT2D eigenvalue weighted by Gasteiger charge is -2.23. The van der Waals surface area contributed by atoms with Crippen LogP contribution in [0.5, 0.6) is 11.5 Å². The van der Waals surface area contributed by atoms with Gasteiger partial charge in [-0.1, -0.05) is 31.2 Å². The van der Waals surface area contributed by atoms with Crippen LogP contribution < -0.4 is 9.47 Å². The fraction of sp³-hybridized carbons (Fsp3) is 0.259. The van der Waals surface area contributed by atoms with Crippen molar-refractivity contribution in [3.63, 3.8) is 0 Å². The van der Waals surface area contributed by atoms with Crippen LogP contribution in [0.4, 0.5) is 0 Å². The molecule has 1 fully saturated rings. The number of carbonyl (C=O) groups is 2. The van der Waals surface area contributed by atoms with Crippen molar-refractivity contribution in [3.05, 3.63) is 89.4 Å². The quantitative estimate of drug-likeness (QED) is 0.281. The number of amides is 1. The normalized spacial score (nSPS) is 17.2. The van der Waals surface area contributed by atoms with Crippen LogP contribution in [0.15, 0.2) is 76.9 Å². The summed E-state index contributed by atoms with van der Waals surface area (Å²) >= 11 is 0. The van der Waals surface area contributed by atoms with E-state index in [1.54, 1.807) is 43.5 Å². The summed E-state index contributed by atoms with van der Waals surface area (Å²) in [6, 6.07) is 17.0. The molecule has 0 radical (unpaired) electrons. The summed E-state index contributed by atoms with van der Waals surface area (Å²) in [5, 5.41) is 11.2. The average Bonchev–Trinajstić information content (AvgIpc) is 3.48. The highest BCUT2D eigenvalue weighted by Gasteiger charge is 2.47. The first-order chi connectivity index (χ1) is 16.5. The Morgan fingerprint density at radius 2 is 1.85 bits per heavy atom. The minimum atomic E-state index is -0.825. The Balaban J connectivity index is 1.68. The van der Waals surface area contributed by atoms with Crippen molar-refractivity contribution in [3.8, 4) is 11.5 Å². The number of ketones is 1. The number of carbonyl (C=O) groups excluding carboxylic acids is 2. The van der Waals surface area contributed by atoms with Crippen molar-refractivity contribution >= 4 is 17.4 Å². The third-order valence-corrected chi connectivity index (χ3v) is 5.73. The molecule has 7 heteroatoms. The standard InChI is InChI=1S/C27H27NO6/c1-3-15-33-21-7-4-6-19(17-21)25(29)23-24(22-8-5-16-34-22)28(27(31)26(23)30)14-13-18-9-11-20(32-2)12-10-18/h4-12,16-17,24,29H,3,13-15H2,1-2H3/b25-23-. The second kappa shape index (κ2) is 10.3. The highest BCUT2D eigenvalue weighted by atomic mass is 16.5. The number of rotatable bonds is 9. The third kappa shape index (κ3) is 4.69. The molecule has 0 aliphatic carbocycles. The molecule has 3 aromatic rings. The van der Waals surface area contributed by atoms with Crippen LogP contribution >= 0.6 is 0 Å². The second-order valence-corrected chi connectivity index (χ2v) is 7.98. The summed E-state index contributed by atoms with van der Waals surface area (Å²) < 4.78 is 16.4. The largest absolute Gasteiger partial charge is 0.507 e. The molecule has 0 saturated carbocycles. The van der Waals surface area contributed by atoms with Crippen molar-refractivity contribution in [2.45, 2.75) is 25.8 Å². The van der Waals surface area contributed by atoms with E-state index in [-0.39, 0.29) is 17.9 Å². The molecule has 4 rings (SSSR count). The van der Waals surface area contributed by atoms with Gasteiger partial charge in [-0.25, -0.2) is 0 Å². The first-order valence-corrected chi connectivity index (χ1v) is 11.2. The van der Waals surface area contributed by atoms with Gasteiger partial charge in [-0.15, -0.1) is 0 Å². The average molecular weight is 462 g/mol. The molecule has 34 heavy (non-hydrogen) atoms. The first-order valence-electron chi connectivity index (χ1n) is 11.2. The molecule has 1 aliphatic heterocycles. The molecule has 1 aromatic heterocycles. The van der Waals surface area contributed by atoms with E-state index in [1.807, 2.05) is 31.2 Å². The van der Waals surface area contributed by atoms with Gasteiger partial charge >= 0.3 is 0 Å². The second-order valence-electron chi connectivity index (χ2n) is 7.98. The van der Waals surface area contributed by atoms with Gasteiger partial charge in [0.15, 0.2) is 0 Å². The summed E-state index contributed by atoms with van der Waals surface area (Å²) in [6.45, 7) is 2.81. The predicted octanol–water partition coefficient (Wildman–Crippen LogP) is 4.74. The van der Waals surface area contributed by atoms with Gasteiger partial charge in [0, 0.05) is 12.1 Å². The summed E-state index contributed by atoms with van der Waals surface area (Å²) in [5.41, 5.74) is 1.39. The summed E-state index contributed by atoms with van der Waals surface area (Å²) in [7, 11) is 1.60. The zero-order valence-corrected chi connectivity index (χ0v) is 19.2. The molecule has 1 saturated heterocycles. The van der Waals surface area contributed by atoms with E-state index in [9.17, 15) is 14.7 Å². The molecule has 1 aliphatic rings. The minimum Gasteiger partial charge on any atom is -0.507 e. The lowest BCUT2D eigenvalue weighted by Crippen LogP contribution is -2.31. The SMILES string of the molecule is CCCOc1cccc(/C(O)=C2/C(=O)C(=O)N(CCc3ccc(OC)cc3)C2c2ccco2)c1. The van der Waals surface area contributed by atoms with Gasteiger partial charge in [0.1, 0.15) is 29.1 Å². The summed E-state index contributed by atoms with van der Waals surface area (Å²) in [6.07, 6.45) is 2.85. The lowest BCUT2D eigenvalue weighted by molar-refractivity contribution is -0.140. The van der Waals surface area contributed by atoms with Gasteiger partial charge in [-0.2, -0.15) is 0 Å². The number of methoxy groups -OCH3 is 1.